The molecule has 0 aliphatic carbocycles. The third-order valence-corrected chi connectivity index (χ3v) is 1.35. The number of hydrogen-bond donors (Lipinski definition) is 1. The van der Waals surface area contributed by atoms with Crippen molar-refractivity contribution in [2.75, 3.05) is 20.1 Å². The van der Waals surface area contributed by atoms with E-state index in [1.165, 1.54) is 0 Å². The first-order valence-corrected chi connectivity index (χ1v) is 3.28. The molecule has 0 atom stereocenters. The van der Waals surface area contributed by atoms with Crippen molar-refractivity contribution in [1.82, 2.24) is 10.4 Å². The summed E-state index contributed by atoms with van der Waals surface area (Å²) in [4.78, 5) is 4.24. The lowest BCUT2D eigenvalue weighted by Crippen LogP contribution is -2.36. The topological polar surface area (TPSA) is 27.6 Å². The second-order valence-electron chi connectivity index (χ2n) is 2.35. The molecule has 0 amide bonds. The third-order valence-electron chi connectivity index (χ3n) is 1.35. The van der Waals surface area contributed by atoms with Gasteiger partial charge < -0.3 is 5.43 Å². The van der Waals surface area contributed by atoms with Crippen molar-refractivity contribution in [1.29, 1.82) is 0 Å². The van der Waals surface area contributed by atoms with E-state index in [2.05, 4.69) is 15.4 Å². The summed E-state index contributed by atoms with van der Waals surface area (Å²) in [6, 6.07) is 0. The van der Waals surface area contributed by atoms with E-state index < -0.39 is 0 Å². The van der Waals surface area contributed by atoms with Crippen molar-refractivity contribution in [3.63, 3.8) is 0 Å². The second kappa shape index (κ2) is 2.82. The average Bonchev–Trinajstić information content (AvgIpc) is 1.93. The smallest absolute Gasteiger partial charge is 0.107 e. The fourth-order valence-corrected chi connectivity index (χ4v) is 0.922. The van der Waals surface area contributed by atoms with Gasteiger partial charge in [-0.1, -0.05) is 0 Å². The van der Waals surface area contributed by atoms with Crippen molar-refractivity contribution >= 4 is 5.84 Å². The zero-order chi connectivity index (χ0) is 6.69. The number of aliphatic imine (C=N–C) groups is 1. The molecule has 0 saturated carbocycles. The van der Waals surface area contributed by atoms with Crippen LogP contribution in [-0.4, -0.2) is 31.0 Å². The number of nitrogens with one attached hydrogen (secondary N) is 1. The van der Waals surface area contributed by atoms with E-state index in [4.69, 9.17) is 0 Å². The molecule has 1 aliphatic heterocycles. The first-order valence-electron chi connectivity index (χ1n) is 3.28. The summed E-state index contributed by atoms with van der Waals surface area (Å²) in [6.45, 7) is 4.03. The first-order chi connectivity index (χ1) is 4.29. The van der Waals surface area contributed by atoms with E-state index >= 15 is 0 Å². The van der Waals surface area contributed by atoms with Gasteiger partial charge in [-0.05, 0) is 13.3 Å². The van der Waals surface area contributed by atoms with E-state index in [1.807, 2.05) is 14.0 Å². The normalized spacial score (nSPS) is 22.2. The van der Waals surface area contributed by atoms with Gasteiger partial charge in [0.1, 0.15) is 5.84 Å². The molecular weight excluding hydrogens is 114 g/mol. The summed E-state index contributed by atoms with van der Waals surface area (Å²) in [6.07, 6.45) is 1.15. The standard InChI is InChI=1S/C6H13N3/c1-6-7-4-3-5-9(2)8-6/h3-5H2,1-2H3,(H,7,8). The second-order valence-corrected chi connectivity index (χ2v) is 2.35. The minimum Gasteiger partial charge on any atom is -0.307 e. The number of amidine groups is 1. The molecule has 9 heavy (non-hydrogen) atoms. The molecule has 1 heterocycles. The van der Waals surface area contributed by atoms with Crippen LogP contribution in [0.3, 0.4) is 0 Å². The van der Waals surface area contributed by atoms with Gasteiger partial charge >= 0.3 is 0 Å². The van der Waals surface area contributed by atoms with Crippen LogP contribution in [0.1, 0.15) is 13.3 Å². The molecule has 0 radical (unpaired) electrons. The highest BCUT2D eigenvalue weighted by Crippen LogP contribution is 1.90. The maximum absolute atomic E-state index is 4.24. The van der Waals surface area contributed by atoms with Gasteiger partial charge in [0.05, 0.1) is 0 Å². The van der Waals surface area contributed by atoms with E-state index in [1.54, 1.807) is 0 Å². The highest BCUT2D eigenvalue weighted by molar-refractivity contribution is 5.79. The van der Waals surface area contributed by atoms with Crippen LogP contribution in [0.15, 0.2) is 4.99 Å². The Labute approximate surface area is 55.7 Å². The van der Waals surface area contributed by atoms with Crippen LogP contribution in [0.2, 0.25) is 0 Å². The number of hydrazine groups is 1. The number of nitrogens with zero attached hydrogens (tertiary/aromatic N) is 2. The Kier molecular flexibility index (Phi) is 2.05. The molecule has 0 fully saturated rings. The maximum atomic E-state index is 4.24. The van der Waals surface area contributed by atoms with Crippen LogP contribution in [0.25, 0.3) is 0 Å². The summed E-state index contributed by atoms with van der Waals surface area (Å²) < 4.78 is 0. The molecule has 3 heteroatoms. The van der Waals surface area contributed by atoms with E-state index in [0.717, 1.165) is 25.3 Å². The molecule has 1 N–H and O–H groups in total. The summed E-state index contributed by atoms with van der Waals surface area (Å²) in [5, 5.41) is 2.06. The van der Waals surface area contributed by atoms with Gasteiger partial charge in [-0.2, -0.15) is 0 Å². The molecule has 0 bridgehead atoms. The Balaban J connectivity index is 2.44. The van der Waals surface area contributed by atoms with Gasteiger partial charge in [0.2, 0.25) is 0 Å². The van der Waals surface area contributed by atoms with Crippen LogP contribution in [0.4, 0.5) is 0 Å². The number of hydrogen-bond acceptors (Lipinski definition) is 3. The summed E-state index contributed by atoms with van der Waals surface area (Å²) in [5.74, 6) is 1.02. The fraction of sp³-hybridized carbons (Fsp3) is 0.833. The minimum atomic E-state index is 0.961. The number of rotatable bonds is 0. The molecule has 0 aromatic carbocycles. The molecule has 0 saturated heterocycles. The van der Waals surface area contributed by atoms with Gasteiger partial charge in [0.25, 0.3) is 0 Å². The fourth-order valence-electron chi connectivity index (χ4n) is 0.922. The van der Waals surface area contributed by atoms with Crippen molar-refractivity contribution < 1.29 is 0 Å². The van der Waals surface area contributed by atoms with E-state index in [-0.39, 0.29) is 0 Å². The quantitative estimate of drug-likeness (QED) is 0.505. The Morgan fingerprint density at radius 2 is 2.44 bits per heavy atom. The van der Waals surface area contributed by atoms with Crippen molar-refractivity contribution in [3.05, 3.63) is 0 Å². The molecule has 0 unspecified atom stereocenters. The van der Waals surface area contributed by atoms with Crippen LogP contribution < -0.4 is 5.43 Å². The lowest BCUT2D eigenvalue weighted by Gasteiger charge is -2.14. The first kappa shape index (κ1) is 6.55. The molecule has 0 aromatic rings. The van der Waals surface area contributed by atoms with Crippen LogP contribution in [0.5, 0.6) is 0 Å². The van der Waals surface area contributed by atoms with Gasteiger partial charge in [0, 0.05) is 20.1 Å². The molecule has 52 valence electrons. The molecule has 0 aromatic heterocycles. The summed E-state index contributed by atoms with van der Waals surface area (Å²) >= 11 is 0. The van der Waals surface area contributed by atoms with Crippen LogP contribution in [-0.2, 0) is 0 Å². The highest BCUT2D eigenvalue weighted by Gasteiger charge is 2.01. The summed E-state index contributed by atoms with van der Waals surface area (Å²) in [5.41, 5.74) is 3.12. The van der Waals surface area contributed by atoms with Crippen molar-refractivity contribution in [2.45, 2.75) is 13.3 Å². The predicted molar refractivity (Wildman–Crippen MR) is 38.4 cm³/mol. The average molecular weight is 127 g/mol. The molecule has 1 rings (SSSR count). The molecule has 3 nitrogen and oxygen atoms in total. The van der Waals surface area contributed by atoms with Gasteiger partial charge in [0.15, 0.2) is 0 Å². The van der Waals surface area contributed by atoms with Gasteiger partial charge in [-0.3, -0.25) is 4.99 Å². The van der Waals surface area contributed by atoms with Gasteiger partial charge in [-0.25, -0.2) is 5.01 Å². The Morgan fingerprint density at radius 1 is 1.67 bits per heavy atom. The Hall–Kier alpha value is -0.570. The largest absolute Gasteiger partial charge is 0.307 e. The molecular formula is C6H13N3. The van der Waals surface area contributed by atoms with Gasteiger partial charge in [-0.15, -0.1) is 0 Å². The van der Waals surface area contributed by atoms with Crippen molar-refractivity contribution in [2.24, 2.45) is 4.99 Å². The molecule has 1 aliphatic rings. The lowest BCUT2D eigenvalue weighted by molar-refractivity contribution is 0.297. The maximum Gasteiger partial charge on any atom is 0.107 e. The van der Waals surface area contributed by atoms with Crippen LogP contribution >= 0.6 is 0 Å². The Bertz CT molecular complexity index is 119. The van der Waals surface area contributed by atoms with Crippen molar-refractivity contribution in [3.8, 4) is 0 Å². The van der Waals surface area contributed by atoms with E-state index in [9.17, 15) is 0 Å². The zero-order valence-corrected chi connectivity index (χ0v) is 6.02. The summed E-state index contributed by atoms with van der Waals surface area (Å²) in [7, 11) is 2.03. The molecule has 0 spiro atoms. The van der Waals surface area contributed by atoms with Crippen LogP contribution in [0, 0.1) is 0 Å². The Morgan fingerprint density at radius 3 is 3.22 bits per heavy atom. The lowest BCUT2D eigenvalue weighted by atomic mass is 10.4. The van der Waals surface area contributed by atoms with E-state index in [0.29, 0.717) is 0 Å². The third kappa shape index (κ3) is 2.01. The SMILES string of the molecule is CC1=NCCCN(C)N1. The predicted octanol–water partition coefficient (Wildman–Crippen LogP) is 0.245. The monoisotopic (exact) mass is 127 g/mol. The minimum absolute atomic E-state index is 0.961. The zero-order valence-electron chi connectivity index (χ0n) is 6.02. The highest BCUT2D eigenvalue weighted by atomic mass is 15.5.